The van der Waals surface area contributed by atoms with E-state index in [0.717, 1.165) is 12.0 Å². The zero-order valence-electron chi connectivity index (χ0n) is 17.1. The molecule has 0 unspecified atom stereocenters. The molecule has 1 aromatic rings. The van der Waals surface area contributed by atoms with Crippen molar-refractivity contribution in [2.24, 2.45) is 0 Å². The minimum atomic E-state index is -3.22. The Labute approximate surface area is 168 Å². The molecular weight excluding hydrogens is 380 g/mol. The average molecular weight is 413 g/mol. The molecule has 28 heavy (non-hydrogen) atoms. The predicted molar refractivity (Wildman–Crippen MR) is 109 cm³/mol. The van der Waals surface area contributed by atoms with Gasteiger partial charge in [0, 0.05) is 25.6 Å². The molecule has 0 aromatic heterocycles. The Morgan fingerprint density at radius 1 is 1.18 bits per heavy atom. The van der Waals surface area contributed by atoms with Crippen LogP contribution in [-0.4, -0.2) is 58.3 Å². The molecule has 1 aromatic carbocycles. The highest BCUT2D eigenvalue weighted by atomic mass is 32.2. The van der Waals surface area contributed by atoms with Gasteiger partial charge in [0.2, 0.25) is 15.9 Å². The van der Waals surface area contributed by atoms with Crippen LogP contribution in [0.1, 0.15) is 44.6 Å². The van der Waals surface area contributed by atoms with Gasteiger partial charge in [-0.1, -0.05) is 19.4 Å². The second-order valence-electron chi connectivity index (χ2n) is 7.13. The Balaban J connectivity index is 1.79. The molecule has 0 bridgehead atoms. The molecule has 0 spiro atoms. The summed E-state index contributed by atoms with van der Waals surface area (Å²) in [5.74, 6) is 1.60. The number of amides is 1. The third-order valence-electron chi connectivity index (χ3n) is 5.04. The third-order valence-corrected chi connectivity index (χ3v) is 6.55. The van der Waals surface area contributed by atoms with Crippen LogP contribution < -0.4 is 14.2 Å². The van der Waals surface area contributed by atoms with E-state index in [2.05, 4.69) is 4.72 Å². The van der Waals surface area contributed by atoms with E-state index in [1.807, 2.05) is 30.0 Å². The fraction of sp³-hybridized carbons (Fsp3) is 0.650. The lowest BCUT2D eigenvalue weighted by atomic mass is 10.0. The number of hydrogen-bond acceptors (Lipinski definition) is 5. The second-order valence-corrected chi connectivity index (χ2v) is 9.01. The Morgan fingerprint density at radius 3 is 2.46 bits per heavy atom. The van der Waals surface area contributed by atoms with Gasteiger partial charge < -0.3 is 14.4 Å². The van der Waals surface area contributed by atoms with E-state index in [1.165, 1.54) is 0 Å². The number of carbonyl (C=O) groups is 1. The summed E-state index contributed by atoms with van der Waals surface area (Å²) in [5, 5.41) is 0. The number of likely N-dealkylation sites (tertiary alicyclic amines) is 1. The summed E-state index contributed by atoms with van der Waals surface area (Å²) in [6.45, 7) is 3.15. The first kappa shape index (κ1) is 22.5. The minimum absolute atomic E-state index is 0.0724. The van der Waals surface area contributed by atoms with Crippen molar-refractivity contribution in [3.05, 3.63) is 23.8 Å². The van der Waals surface area contributed by atoms with Crippen molar-refractivity contribution in [1.82, 2.24) is 9.62 Å². The molecular formula is C20H32N2O5S. The molecule has 8 heteroatoms. The van der Waals surface area contributed by atoms with E-state index >= 15 is 0 Å². The fourth-order valence-electron chi connectivity index (χ4n) is 3.34. The molecule has 0 aliphatic carbocycles. The molecule has 1 aliphatic rings. The van der Waals surface area contributed by atoms with Crippen LogP contribution in [0.5, 0.6) is 11.5 Å². The van der Waals surface area contributed by atoms with Crippen LogP contribution in [0.25, 0.3) is 0 Å². The van der Waals surface area contributed by atoms with Crippen molar-refractivity contribution >= 4 is 15.9 Å². The maximum absolute atomic E-state index is 12.5. The van der Waals surface area contributed by atoms with Crippen LogP contribution >= 0.6 is 0 Å². The molecule has 1 fully saturated rings. The molecule has 0 saturated carbocycles. The van der Waals surface area contributed by atoms with E-state index in [-0.39, 0.29) is 17.7 Å². The average Bonchev–Trinajstić information content (AvgIpc) is 2.70. The highest BCUT2D eigenvalue weighted by Gasteiger charge is 2.25. The zero-order chi connectivity index (χ0) is 20.6. The Hall–Kier alpha value is -1.80. The lowest BCUT2D eigenvalue weighted by Crippen LogP contribution is -2.47. The standard InChI is InChI=1S/C20H32N2O5S/c1-4-5-14-28(24,25)21-17-10-12-22(13-11-17)20(23)9-7-16-6-8-18(26-2)19(15-16)27-3/h6,8,15,17,21H,4-5,7,9-14H2,1-3H3. The summed E-state index contributed by atoms with van der Waals surface area (Å²) in [6, 6.07) is 5.60. The molecule has 2 rings (SSSR count). The number of hydrogen-bond donors (Lipinski definition) is 1. The smallest absolute Gasteiger partial charge is 0.222 e. The van der Waals surface area contributed by atoms with Crippen LogP contribution in [0.15, 0.2) is 18.2 Å². The lowest BCUT2D eigenvalue weighted by molar-refractivity contribution is -0.132. The number of sulfonamides is 1. The van der Waals surface area contributed by atoms with Gasteiger partial charge in [0.15, 0.2) is 11.5 Å². The van der Waals surface area contributed by atoms with Gasteiger partial charge in [0.25, 0.3) is 0 Å². The monoisotopic (exact) mass is 412 g/mol. The first-order chi connectivity index (χ1) is 13.4. The van der Waals surface area contributed by atoms with E-state index < -0.39 is 10.0 Å². The van der Waals surface area contributed by atoms with Gasteiger partial charge in [-0.3, -0.25) is 4.79 Å². The molecule has 0 radical (unpaired) electrons. The number of rotatable bonds is 10. The summed E-state index contributed by atoms with van der Waals surface area (Å²) < 4.78 is 37.3. The van der Waals surface area contributed by atoms with Gasteiger partial charge >= 0.3 is 0 Å². The summed E-state index contributed by atoms with van der Waals surface area (Å²) in [7, 11) is -0.0328. The number of carbonyl (C=O) groups excluding carboxylic acids is 1. The number of ether oxygens (including phenoxy) is 2. The van der Waals surface area contributed by atoms with Crippen molar-refractivity contribution < 1.29 is 22.7 Å². The topological polar surface area (TPSA) is 84.9 Å². The van der Waals surface area contributed by atoms with Crippen LogP contribution in [0, 0.1) is 0 Å². The second kappa shape index (κ2) is 10.7. The number of unbranched alkanes of at least 4 members (excludes halogenated alkanes) is 1. The number of benzene rings is 1. The maximum atomic E-state index is 12.5. The number of aryl methyl sites for hydroxylation is 1. The quantitative estimate of drug-likeness (QED) is 0.638. The van der Waals surface area contributed by atoms with E-state index in [4.69, 9.17) is 9.47 Å². The lowest BCUT2D eigenvalue weighted by Gasteiger charge is -2.32. The van der Waals surface area contributed by atoms with E-state index in [1.54, 1.807) is 14.2 Å². The zero-order valence-corrected chi connectivity index (χ0v) is 17.9. The molecule has 158 valence electrons. The molecule has 1 amide bonds. The van der Waals surface area contributed by atoms with Crippen LogP contribution in [0.3, 0.4) is 0 Å². The van der Waals surface area contributed by atoms with Gasteiger partial charge in [-0.05, 0) is 43.4 Å². The minimum Gasteiger partial charge on any atom is -0.493 e. The highest BCUT2D eigenvalue weighted by Crippen LogP contribution is 2.28. The van der Waals surface area contributed by atoms with Crippen LogP contribution in [0.2, 0.25) is 0 Å². The summed E-state index contributed by atoms with van der Waals surface area (Å²) in [4.78, 5) is 14.3. The van der Waals surface area contributed by atoms with Gasteiger partial charge in [-0.25, -0.2) is 13.1 Å². The van der Waals surface area contributed by atoms with E-state index in [0.29, 0.717) is 56.7 Å². The first-order valence-electron chi connectivity index (χ1n) is 9.87. The largest absolute Gasteiger partial charge is 0.493 e. The first-order valence-corrected chi connectivity index (χ1v) is 11.5. The molecule has 7 nitrogen and oxygen atoms in total. The third kappa shape index (κ3) is 6.67. The van der Waals surface area contributed by atoms with Crippen LogP contribution in [-0.2, 0) is 21.2 Å². The summed E-state index contributed by atoms with van der Waals surface area (Å²) >= 11 is 0. The van der Waals surface area contributed by atoms with Crippen LogP contribution in [0.4, 0.5) is 0 Å². The maximum Gasteiger partial charge on any atom is 0.222 e. The Morgan fingerprint density at radius 2 is 1.86 bits per heavy atom. The van der Waals surface area contributed by atoms with Crippen molar-refractivity contribution in [3.63, 3.8) is 0 Å². The number of piperidine rings is 1. The molecule has 1 aliphatic heterocycles. The molecule has 0 atom stereocenters. The molecule has 1 saturated heterocycles. The number of methoxy groups -OCH3 is 2. The van der Waals surface area contributed by atoms with Gasteiger partial charge in [-0.2, -0.15) is 0 Å². The highest BCUT2D eigenvalue weighted by molar-refractivity contribution is 7.89. The van der Waals surface area contributed by atoms with Gasteiger partial charge in [0.1, 0.15) is 0 Å². The van der Waals surface area contributed by atoms with Crippen molar-refractivity contribution in [2.75, 3.05) is 33.1 Å². The molecule has 1 N–H and O–H groups in total. The summed E-state index contributed by atoms with van der Waals surface area (Å²) in [5.41, 5.74) is 1.02. The van der Waals surface area contributed by atoms with Crippen molar-refractivity contribution in [3.8, 4) is 11.5 Å². The van der Waals surface area contributed by atoms with E-state index in [9.17, 15) is 13.2 Å². The predicted octanol–water partition coefficient (Wildman–Crippen LogP) is 2.35. The Kier molecular flexibility index (Phi) is 8.57. The van der Waals surface area contributed by atoms with Gasteiger partial charge in [0.05, 0.1) is 20.0 Å². The SMILES string of the molecule is CCCCS(=O)(=O)NC1CCN(C(=O)CCc2ccc(OC)c(OC)c2)CC1. The Bertz CT molecular complexity index is 743. The fourth-order valence-corrected chi connectivity index (χ4v) is 4.87. The number of nitrogens with one attached hydrogen (secondary N) is 1. The number of nitrogens with zero attached hydrogens (tertiary/aromatic N) is 1. The summed E-state index contributed by atoms with van der Waals surface area (Å²) in [6.07, 6.45) is 3.89. The normalized spacial score (nSPS) is 15.5. The van der Waals surface area contributed by atoms with Crippen molar-refractivity contribution in [2.45, 2.75) is 51.5 Å². The molecule has 1 heterocycles. The van der Waals surface area contributed by atoms with Gasteiger partial charge in [-0.15, -0.1) is 0 Å². The van der Waals surface area contributed by atoms with Crippen molar-refractivity contribution in [1.29, 1.82) is 0 Å².